The number of nitrogen functional groups attached to an aromatic ring is 1. The van der Waals surface area contributed by atoms with Crippen LogP contribution in [0.2, 0.25) is 0 Å². The molecule has 0 aliphatic carbocycles. The van der Waals surface area contributed by atoms with E-state index in [-0.39, 0.29) is 5.91 Å². The van der Waals surface area contributed by atoms with Gasteiger partial charge in [0.2, 0.25) is 0 Å². The van der Waals surface area contributed by atoms with Crippen molar-refractivity contribution in [3.63, 3.8) is 0 Å². The van der Waals surface area contributed by atoms with Crippen LogP contribution in [-0.4, -0.2) is 18.7 Å². The van der Waals surface area contributed by atoms with Crippen LogP contribution < -0.4 is 15.9 Å². The first-order valence-corrected chi connectivity index (χ1v) is 9.16. The van der Waals surface area contributed by atoms with E-state index in [2.05, 4.69) is 34.8 Å². The molecule has 5 heteroatoms. The van der Waals surface area contributed by atoms with Gasteiger partial charge in [0.15, 0.2) is 0 Å². The van der Waals surface area contributed by atoms with E-state index in [1.165, 1.54) is 5.56 Å². The Bertz CT molecular complexity index is 905. The molecule has 0 aliphatic rings. The van der Waals surface area contributed by atoms with E-state index < -0.39 is 0 Å². The fourth-order valence-corrected chi connectivity index (χ4v) is 2.63. The third kappa shape index (κ3) is 5.99. The van der Waals surface area contributed by atoms with Crippen molar-refractivity contribution in [1.29, 1.82) is 0 Å². The molecule has 0 atom stereocenters. The number of carbonyl (C=O) groups is 1. The minimum atomic E-state index is -0.283. The molecule has 0 unspecified atom stereocenters. The Morgan fingerprint density at radius 3 is 2.39 bits per heavy atom. The van der Waals surface area contributed by atoms with Crippen LogP contribution in [0.15, 0.2) is 84.0 Å². The number of ether oxygens (including phenoxy) is 1. The Hall–Kier alpha value is -3.60. The average molecular weight is 373 g/mol. The van der Waals surface area contributed by atoms with Crippen LogP contribution in [0.25, 0.3) is 0 Å². The van der Waals surface area contributed by atoms with Gasteiger partial charge in [-0.3, -0.25) is 4.79 Å². The Labute approximate surface area is 164 Å². The monoisotopic (exact) mass is 373 g/mol. The van der Waals surface area contributed by atoms with Crippen molar-refractivity contribution in [3.05, 3.63) is 95.6 Å². The number of nitrogens with one attached hydrogen (secondary N) is 1. The minimum absolute atomic E-state index is 0.283. The van der Waals surface area contributed by atoms with Gasteiger partial charge in [-0.2, -0.15) is 5.10 Å². The first-order valence-electron chi connectivity index (χ1n) is 9.16. The molecule has 0 spiro atoms. The molecule has 28 heavy (non-hydrogen) atoms. The zero-order chi connectivity index (χ0) is 19.6. The fourth-order valence-electron chi connectivity index (χ4n) is 2.63. The summed E-state index contributed by atoms with van der Waals surface area (Å²) in [6.07, 6.45) is 3.55. The summed E-state index contributed by atoms with van der Waals surface area (Å²) in [7, 11) is 0. The van der Waals surface area contributed by atoms with Crippen molar-refractivity contribution in [2.24, 2.45) is 5.10 Å². The quantitative estimate of drug-likeness (QED) is 0.271. The Morgan fingerprint density at radius 1 is 0.964 bits per heavy atom. The van der Waals surface area contributed by atoms with Gasteiger partial charge in [0, 0.05) is 11.3 Å². The molecule has 0 saturated carbocycles. The molecule has 5 nitrogen and oxygen atoms in total. The summed E-state index contributed by atoms with van der Waals surface area (Å²) in [6, 6.07) is 24.6. The first kappa shape index (κ1) is 19.2. The van der Waals surface area contributed by atoms with Gasteiger partial charge in [0.1, 0.15) is 5.75 Å². The second-order valence-electron chi connectivity index (χ2n) is 6.33. The van der Waals surface area contributed by atoms with Crippen LogP contribution in [0, 0.1) is 0 Å². The highest BCUT2D eigenvalue weighted by atomic mass is 16.5. The van der Waals surface area contributed by atoms with E-state index in [0.29, 0.717) is 17.9 Å². The Morgan fingerprint density at radius 2 is 1.68 bits per heavy atom. The third-order valence-corrected chi connectivity index (χ3v) is 4.15. The van der Waals surface area contributed by atoms with E-state index in [9.17, 15) is 4.79 Å². The van der Waals surface area contributed by atoms with Gasteiger partial charge in [-0.15, -0.1) is 0 Å². The van der Waals surface area contributed by atoms with Crippen LogP contribution in [0.4, 0.5) is 5.69 Å². The smallest absolute Gasteiger partial charge is 0.271 e. The number of nitrogens with zero attached hydrogens (tertiary/aromatic N) is 1. The lowest BCUT2D eigenvalue weighted by molar-refractivity contribution is 0.0955. The van der Waals surface area contributed by atoms with Gasteiger partial charge < -0.3 is 10.5 Å². The third-order valence-electron chi connectivity index (χ3n) is 4.15. The predicted molar refractivity (Wildman–Crippen MR) is 113 cm³/mol. The van der Waals surface area contributed by atoms with Gasteiger partial charge in [0.05, 0.1) is 12.8 Å². The summed E-state index contributed by atoms with van der Waals surface area (Å²) >= 11 is 0. The molecule has 0 saturated heterocycles. The van der Waals surface area contributed by atoms with Gasteiger partial charge >= 0.3 is 0 Å². The number of aryl methyl sites for hydroxylation is 1. The van der Waals surface area contributed by atoms with E-state index >= 15 is 0 Å². The summed E-state index contributed by atoms with van der Waals surface area (Å²) in [5.74, 6) is 0.533. The van der Waals surface area contributed by atoms with Gasteiger partial charge in [-0.05, 0) is 72.5 Å². The van der Waals surface area contributed by atoms with Crippen molar-refractivity contribution in [2.45, 2.75) is 12.8 Å². The fraction of sp³-hybridized carbons (Fsp3) is 0.130. The molecule has 1 amide bonds. The van der Waals surface area contributed by atoms with Crippen LogP contribution in [0.1, 0.15) is 27.9 Å². The second kappa shape index (κ2) is 9.92. The van der Waals surface area contributed by atoms with Crippen molar-refractivity contribution in [3.8, 4) is 5.75 Å². The number of hydrazone groups is 1. The molecule has 3 N–H and O–H groups in total. The highest BCUT2D eigenvalue weighted by molar-refractivity contribution is 5.95. The van der Waals surface area contributed by atoms with Crippen LogP contribution in [-0.2, 0) is 6.42 Å². The summed E-state index contributed by atoms with van der Waals surface area (Å²) in [5.41, 5.74) is 11.4. The zero-order valence-corrected chi connectivity index (χ0v) is 15.5. The minimum Gasteiger partial charge on any atom is -0.494 e. The van der Waals surface area contributed by atoms with Crippen LogP contribution >= 0.6 is 0 Å². The lowest BCUT2D eigenvalue weighted by Crippen LogP contribution is -2.17. The number of benzene rings is 3. The van der Waals surface area contributed by atoms with Crippen molar-refractivity contribution >= 4 is 17.8 Å². The standard InChI is InChI=1S/C23H23N3O2/c24-21-12-10-20(11-13-21)23(27)26-25-17-19-8-14-22(15-9-19)28-16-4-7-18-5-2-1-3-6-18/h1-3,5-6,8-15,17H,4,7,16,24H2,(H,26,27)/b25-17-. The maximum absolute atomic E-state index is 12.0. The van der Waals surface area contributed by atoms with Crippen LogP contribution in [0.3, 0.4) is 0 Å². The number of carbonyl (C=O) groups excluding carboxylic acids is 1. The number of amides is 1. The lowest BCUT2D eigenvalue weighted by Gasteiger charge is -2.06. The highest BCUT2D eigenvalue weighted by Crippen LogP contribution is 2.12. The predicted octanol–water partition coefficient (Wildman–Crippen LogP) is 4.04. The number of hydrogen-bond acceptors (Lipinski definition) is 4. The molecule has 0 heterocycles. The number of rotatable bonds is 8. The zero-order valence-electron chi connectivity index (χ0n) is 15.5. The molecule has 0 fully saturated rings. The Balaban J connectivity index is 1.41. The SMILES string of the molecule is Nc1ccc(C(=O)N/N=C\c2ccc(OCCCc3ccccc3)cc2)cc1. The number of nitrogens with two attached hydrogens (primary N) is 1. The van der Waals surface area contributed by atoms with Gasteiger partial charge in [-0.25, -0.2) is 5.43 Å². The Kier molecular flexibility index (Phi) is 6.79. The van der Waals surface area contributed by atoms with E-state index in [1.807, 2.05) is 30.3 Å². The van der Waals surface area contributed by atoms with E-state index in [4.69, 9.17) is 10.5 Å². The molecule has 0 bridgehead atoms. The van der Waals surface area contributed by atoms with Gasteiger partial charge in [0.25, 0.3) is 5.91 Å². The topological polar surface area (TPSA) is 76.7 Å². The summed E-state index contributed by atoms with van der Waals surface area (Å²) < 4.78 is 5.77. The maximum Gasteiger partial charge on any atom is 0.271 e. The van der Waals surface area contributed by atoms with Crippen molar-refractivity contribution in [1.82, 2.24) is 5.43 Å². The summed E-state index contributed by atoms with van der Waals surface area (Å²) in [6.45, 7) is 0.667. The van der Waals surface area contributed by atoms with E-state index in [1.54, 1.807) is 30.5 Å². The summed E-state index contributed by atoms with van der Waals surface area (Å²) in [5, 5.41) is 3.98. The first-order chi connectivity index (χ1) is 13.7. The van der Waals surface area contributed by atoms with Crippen LogP contribution in [0.5, 0.6) is 5.75 Å². The molecular formula is C23H23N3O2. The lowest BCUT2D eigenvalue weighted by atomic mass is 10.1. The number of anilines is 1. The molecule has 0 aromatic heterocycles. The molecular weight excluding hydrogens is 350 g/mol. The highest BCUT2D eigenvalue weighted by Gasteiger charge is 2.02. The maximum atomic E-state index is 12.0. The molecule has 0 aliphatic heterocycles. The largest absolute Gasteiger partial charge is 0.494 e. The normalized spacial score (nSPS) is 10.7. The average Bonchev–Trinajstić information content (AvgIpc) is 2.73. The molecule has 3 rings (SSSR count). The second-order valence-corrected chi connectivity index (χ2v) is 6.33. The molecule has 142 valence electrons. The van der Waals surface area contributed by atoms with Crippen molar-refractivity contribution < 1.29 is 9.53 Å². The number of hydrogen-bond donors (Lipinski definition) is 2. The molecule has 3 aromatic carbocycles. The van der Waals surface area contributed by atoms with Gasteiger partial charge in [-0.1, -0.05) is 30.3 Å². The van der Waals surface area contributed by atoms with E-state index in [0.717, 1.165) is 24.2 Å². The summed E-state index contributed by atoms with van der Waals surface area (Å²) in [4.78, 5) is 12.0. The molecule has 0 radical (unpaired) electrons. The van der Waals surface area contributed by atoms with Crippen molar-refractivity contribution in [2.75, 3.05) is 12.3 Å². The molecule has 3 aromatic rings.